The third kappa shape index (κ3) is 4.21. The Kier molecular flexibility index (Phi) is 5.33. The summed E-state index contributed by atoms with van der Waals surface area (Å²) in [6, 6.07) is 0. The van der Waals surface area contributed by atoms with Crippen molar-refractivity contribution in [3.63, 3.8) is 0 Å². The van der Waals surface area contributed by atoms with Crippen LogP contribution in [-0.4, -0.2) is 63.6 Å². The second-order valence-corrected chi connectivity index (χ2v) is 7.24. The highest BCUT2D eigenvalue weighted by atomic mass is 32.2. The van der Waals surface area contributed by atoms with Gasteiger partial charge in [-0.2, -0.15) is 24.9 Å². The zero-order valence-electron chi connectivity index (χ0n) is 13.1. The van der Waals surface area contributed by atoms with Gasteiger partial charge in [0.05, 0.1) is 12.5 Å². The number of piperidine rings is 1. The zero-order valence-corrected chi connectivity index (χ0v) is 13.9. The number of likely N-dealkylation sites (tertiary alicyclic amines) is 1. The van der Waals surface area contributed by atoms with Crippen LogP contribution in [0.2, 0.25) is 0 Å². The van der Waals surface area contributed by atoms with Crippen molar-refractivity contribution >= 4 is 17.7 Å². The number of amides is 1. The minimum atomic E-state index is -4.63. The second-order valence-electron chi connectivity index (χ2n) is 6.01. The van der Waals surface area contributed by atoms with Crippen LogP contribution in [0.5, 0.6) is 0 Å². The Morgan fingerprint density at radius 2 is 2.00 bits per heavy atom. The Hall–Kier alpha value is -1.29. The predicted molar refractivity (Wildman–Crippen MR) is 81.2 cm³/mol. The summed E-state index contributed by atoms with van der Waals surface area (Å²) in [4.78, 5) is 16.4. The first-order chi connectivity index (χ1) is 11.4. The van der Waals surface area contributed by atoms with Crippen molar-refractivity contribution in [2.75, 3.05) is 37.7 Å². The molecule has 2 aliphatic rings. The molecule has 0 spiro atoms. The van der Waals surface area contributed by atoms with Crippen LogP contribution in [0.4, 0.5) is 13.2 Å². The Morgan fingerprint density at radius 1 is 1.25 bits per heavy atom. The van der Waals surface area contributed by atoms with Crippen LogP contribution < -0.4 is 0 Å². The molecule has 6 nitrogen and oxygen atoms in total. The monoisotopic (exact) mass is 364 g/mol. The summed E-state index contributed by atoms with van der Waals surface area (Å²) in [6.07, 6.45) is -2.98. The van der Waals surface area contributed by atoms with Gasteiger partial charge in [0.15, 0.2) is 0 Å². The molecular weight excluding hydrogens is 345 g/mol. The van der Waals surface area contributed by atoms with E-state index in [-0.39, 0.29) is 24.3 Å². The van der Waals surface area contributed by atoms with Crippen LogP contribution in [0.1, 0.15) is 24.6 Å². The van der Waals surface area contributed by atoms with Crippen molar-refractivity contribution in [1.82, 2.24) is 20.0 Å². The van der Waals surface area contributed by atoms with E-state index in [1.54, 1.807) is 0 Å². The lowest BCUT2D eigenvalue weighted by molar-refractivity contribution is -0.157. The number of aromatic nitrogens is 2. The average Bonchev–Trinajstić information content (AvgIpc) is 3.04. The Labute approximate surface area is 141 Å². The lowest BCUT2D eigenvalue weighted by Gasteiger charge is -2.35. The second kappa shape index (κ2) is 7.30. The number of rotatable bonds is 3. The summed E-state index contributed by atoms with van der Waals surface area (Å²) in [7, 11) is 0. The molecule has 10 heteroatoms. The topological polar surface area (TPSA) is 62.5 Å². The number of halogens is 3. The summed E-state index contributed by atoms with van der Waals surface area (Å²) in [5.74, 6) is 0.584. The maximum absolute atomic E-state index is 12.6. The van der Waals surface area contributed by atoms with Crippen LogP contribution in [0.3, 0.4) is 0 Å². The van der Waals surface area contributed by atoms with E-state index in [4.69, 9.17) is 0 Å². The molecule has 1 aromatic rings. The highest BCUT2D eigenvalue weighted by molar-refractivity contribution is 7.99. The first kappa shape index (κ1) is 17.5. The van der Waals surface area contributed by atoms with Gasteiger partial charge in [-0.05, 0) is 19.4 Å². The van der Waals surface area contributed by atoms with Gasteiger partial charge in [-0.15, -0.1) is 10.2 Å². The van der Waals surface area contributed by atoms with E-state index in [0.29, 0.717) is 13.1 Å². The van der Waals surface area contributed by atoms with Gasteiger partial charge in [0.1, 0.15) is 0 Å². The molecule has 1 unspecified atom stereocenters. The number of alkyl halides is 3. The first-order valence-corrected chi connectivity index (χ1v) is 9.07. The molecule has 0 aromatic carbocycles. The lowest BCUT2D eigenvalue weighted by Crippen LogP contribution is -2.47. The fraction of sp³-hybridized carbons (Fsp3) is 0.786. The van der Waals surface area contributed by atoms with Gasteiger partial charge in [-0.1, -0.05) is 0 Å². The molecule has 3 heterocycles. The van der Waals surface area contributed by atoms with Gasteiger partial charge in [-0.25, -0.2) is 0 Å². The number of carbonyl (C=O) groups is 1. The van der Waals surface area contributed by atoms with E-state index in [1.165, 1.54) is 0 Å². The minimum absolute atomic E-state index is 0.0650. The molecule has 2 aliphatic heterocycles. The lowest BCUT2D eigenvalue weighted by atomic mass is 9.96. The van der Waals surface area contributed by atoms with Crippen molar-refractivity contribution < 1.29 is 22.4 Å². The van der Waals surface area contributed by atoms with Gasteiger partial charge in [0, 0.05) is 31.1 Å². The third-order valence-corrected chi connectivity index (χ3v) is 5.19. The van der Waals surface area contributed by atoms with Gasteiger partial charge < -0.3 is 9.32 Å². The van der Waals surface area contributed by atoms with Crippen molar-refractivity contribution in [2.24, 2.45) is 5.92 Å². The smallest absolute Gasteiger partial charge is 0.416 e. The fourth-order valence-corrected chi connectivity index (χ4v) is 3.97. The van der Waals surface area contributed by atoms with Crippen molar-refractivity contribution in [3.8, 4) is 0 Å². The maximum atomic E-state index is 12.6. The van der Waals surface area contributed by atoms with Crippen LogP contribution in [0.15, 0.2) is 4.42 Å². The molecule has 0 aliphatic carbocycles. The largest absolute Gasteiger partial charge is 0.470 e. The van der Waals surface area contributed by atoms with E-state index >= 15 is 0 Å². The molecule has 3 rings (SSSR count). The summed E-state index contributed by atoms with van der Waals surface area (Å²) >= 11 is 1.85. The van der Waals surface area contributed by atoms with Crippen LogP contribution >= 0.6 is 11.8 Å². The Balaban J connectivity index is 1.57. The fourth-order valence-electron chi connectivity index (χ4n) is 3.07. The average molecular weight is 364 g/mol. The minimum Gasteiger partial charge on any atom is -0.416 e. The summed E-state index contributed by atoms with van der Waals surface area (Å²) in [6.45, 7) is 2.93. The first-order valence-electron chi connectivity index (χ1n) is 7.92. The van der Waals surface area contributed by atoms with E-state index < -0.39 is 12.1 Å². The van der Waals surface area contributed by atoms with Crippen LogP contribution in [0, 0.1) is 5.92 Å². The normalized spacial score (nSPS) is 23.5. The van der Waals surface area contributed by atoms with Gasteiger partial charge in [0.25, 0.3) is 0 Å². The van der Waals surface area contributed by atoms with Gasteiger partial charge >= 0.3 is 12.1 Å². The molecule has 0 saturated carbocycles. The Bertz CT molecular complexity index is 575. The number of nitrogens with zero attached hydrogens (tertiary/aromatic N) is 4. The quantitative estimate of drug-likeness (QED) is 0.816. The molecule has 2 saturated heterocycles. The van der Waals surface area contributed by atoms with E-state index in [1.807, 2.05) is 21.6 Å². The Morgan fingerprint density at radius 3 is 2.67 bits per heavy atom. The highest BCUT2D eigenvalue weighted by Crippen LogP contribution is 2.28. The summed E-state index contributed by atoms with van der Waals surface area (Å²) in [5.41, 5.74) is 0. The van der Waals surface area contributed by atoms with Crippen LogP contribution in [0.25, 0.3) is 0 Å². The SMILES string of the molecule is O=C(C1CCCN(Cc2nnc(C(F)(F)F)o2)C1)N1CCSCC1. The summed E-state index contributed by atoms with van der Waals surface area (Å²) in [5, 5.41) is 6.49. The van der Waals surface area contributed by atoms with Crippen molar-refractivity contribution in [1.29, 1.82) is 0 Å². The zero-order chi connectivity index (χ0) is 17.2. The number of hydrogen-bond donors (Lipinski definition) is 0. The molecule has 0 N–H and O–H groups in total. The predicted octanol–water partition coefficient (Wildman–Crippen LogP) is 1.88. The highest BCUT2D eigenvalue weighted by Gasteiger charge is 2.38. The van der Waals surface area contributed by atoms with Gasteiger partial charge in [0.2, 0.25) is 11.8 Å². The van der Waals surface area contributed by atoms with Crippen molar-refractivity contribution in [2.45, 2.75) is 25.6 Å². The third-order valence-electron chi connectivity index (χ3n) is 4.25. The molecular formula is C14H19F3N4O2S. The van der Waals surface area contributed by atoms with Crippen molar-refractivity contribution in [3.05, 3.63) is 11.8 Å². The molecule has 1 amide bonds. The molecule has 24 heavy (non-hydrogen) atoms. The number of hydrogen-bond acceptors (Lipinski definition) is 6. The van der Waals surface area contributed by atoms with Crippen LogP contribution in [-0.2, 0) is 17.5 Å². The number of thioether (sulfide) groups is 1. The van der Waals surface area contributed by atoms with E-state index in [0.717, 1.165) is 37.4 Å². The molecule has 134 valence electrons. The molecule has 1 aromatic heterocycles. The van der Waals surface area contributed by atoms with Gasteiger partial charge in [-0.3, -0.25) is 9.69 Å². The maximum Gasteiger partial charge on any atom is 0.470 e. The molecule has 0 bridgehead atoms. The molecule has 0 radical (unpaired) electrons. The summed E-state index contributed by atoms with van der Waals surface area (Å²) < 4.78 is 42.2. The molecule has 1 atom stereocenters. The number of carbonyl (C=O) groups excluding carboxylic acids is 1. The standard InChI is InChI=1S/C14H19F3N4O2S/c15-14(16,17)13-19-18-11(23-13)9-20-3-1-2-10(8-20)12(22)21-4-6-24-7-5-21/h10H,1-9H2. The molecule has 2 fully saturated rings. The van der Waals surface area contributed by atoms with E-state index in [9.17, 15) is 18.0 Å². The van der Waals surface area contributed by atoms with E-state index in [2.05, 4.69) is 14.6 Å².